The Balaban J connectivity index is 2.82. The van der Waals surface area contributed by atoms with Gasteiger partial charge < -0.3 is 4.74 Å². The largest absolute Gasteiger partial charge is 0.376 e. The molecule has 0 spiro atoms. The normalized spacial score (nSPS) is 15.3. The van der Waals surface area contributed by atoms with E-state index in [-0.39, 0.29) is 17.6 Å². The summed E-state index contributed by atoms with van der Waals surface area (Å²) in [5.74, 6) is 5.75. The molecule has 0 bridgehead atoms. The van der Waals surface area contributed by atoms with Gasteiger partial charge >= 0.3 is 0 Å². The zero-order valence-corrected chi connectivity index (χ0v) is 14.4. The Morgan fingerprint density at radius 2 is 1.84 bits per heavy atom. The monoisotopic (exact) mass is 376 g/mol. The van der Waals surface area contributed by atoms with E-state index in [0.29, 0.717) is 6.61 Å². The quantitative estimate of drug-likeness (QED) is 0.456. The second kappa shape index (κ2) is 7.57. The van der Waals surface area contributed by atoms with Crippen molar-refractivity contribution in [1.29, 1.82) is 0 Å². The molecule has 1 aromatic rings. The Kier molecular flexibility index (Phi) is 6.73. The van der Waals surface area contributed by atoms with Crippen LogP contribution in [0.25, 0.3) is 0 Å². The highest BCUT2D eigenvalue weighted by atomic mass is 127. The van der Waals surface area contributed by atoms with Crippen molar-refractivity contribution in [3.05, 3.63) is 33.4 Å². The SMILES string of the molecule is CCOC(C(Cc1ccc(I)cc1)NN)C(C)(C)C. The molecule has 0 radical (unpaired) electrons. The van der Waals surface area contributed by atoms with E-state index in [1.807, 2.05) is 6.92 Å². The summed E-state index contributed by atoms with van der Waals surface area (Å²) in [5, 5.41) is 0. The first-order valence-corrected chi connectivity index (χ1v) is 7.78. The molecule has 1 rings (SSSR count). The Bertz CT molecular complexity index is 373. The molecule has 0 amide bonds. The molecule has 2 unspecified atom stereocenters. The van der Waals surface area contributed by atoms with Gasteiger partial charge in [0.2, 0.25) is 0 Å². The lowest BCUT2D eigenvalue weighted by molar-refractivity contribution is -0.0356. The standard InChI is InChI=1S/C15H25IN2O/c1-5-19-14(15(2,3)4)13(18-17)10-11-6-8-12(16)9-7-11/h6-9,13-14,18H,5,10,17H2,1-4H3. The molecule has 0 saturated heterocycles. The number of nitrogens with two attached hydrogens (primary N) is 1. The Hall–Kier alpha value is -0.170. The van der Waals surface area contributed by atoms with Crippen LogP contribution in [0.15, 0.2) is 24.3 Å². The summed E-state index contributed by atoms with van der Waals surface area (Å²) >= 11 is 2.31. The minimum Gasteiger partial charge on any atom is -0.376 e. The summed E-state index contributed by atoms with van der Waals surface area (Å²) in [7, 11) is 0. The van der Waals surface area contributed by atoms with Crippen LogP contribution in [0, 0.1) is 8.99 Å². The number of hydrazine groups is 1. The van der Waals surface area contributed by atoms with Gasteiger partial charge in [-0.1, -0.05) is 32.9 Å². The third-order valence-corrected chi connectivity index (χ3v) is 3.87. The van der Waals surface area contributed by atoms with Crippen LogP contribution in [0.3, 0.4) is 0 Å². The molecule has 19 heavy (non-hydrogen) atoms. The molecule has 108 valence electrons. The maximum atomic E-state index is 5.91. The molecule has 2 atom stereocenters. The van der Waals surface area contributed by atoms with Gasteiger partial charge in [0.15, 0.2) is 0 Å². The van der Waals surface area contributed by atoms with Crippen LogP contribution in [0.1, 0.15) is 33.3 Å². The van der Waals surface area contributed by atoms with E-state index in [2.05, 4.69) is 73.1 Å². The maximum Gasteiger partial charge on any atom is 0.0792 e. The van der Waals surface area contributed by atoms with E-state index < -0.39 is 0 Å². The molecule has 0 aromatic heterocycles. The van der Waals surface area contributed by atoms with Crippen LogP contribution in [-0.4, -0.2) is 18.8 Å². The molecule has 0 heterocycles. The third kappa shape index (κ3) is 5.38. The van der Waals surface area contributed by atoms with E-state index in [4.69, 9.17) is 10.6 Å². The fourth-order valence-corrected chi connectivity index (χ4v) is 2.64. The highest BCUT2D eigenvalue weighted by Crippen LogP contribution is 2.26. The van der Waals surface area contributed by atoms with Crippen LogP contribution in [-0.2, 0) is 11.2 Å². The Morgan fingerprint density at radius 1 is 1.26 bits per heavy atom. The number of nitrogens with one attached hydrogen (secondary N) is 1. The lowest BCUT2D eigenvalue weighted by Crippen LogP contribution is -2.52. The van der Waals surface area contributed by atoms with Gasteiger partial charge in [-0.3, -0.25) is 11.3 Å². The zero-order chi connectivity index (χ0) is 14.5. The van der Waals surface area contributed by atoms with Gasteiger partial charge in [0, 0.05) is 10.2 Å². The Labute approximate surface area is 130 Å². The van der Waals surface area contributed by atoms with E-state index in [9.17, 15) is 0 Å². The van der Waals surface area contributed by atoms with Crippen molar-refractivity contribution in [3.63, 3.8) is 0 Å². The molecule has 0 saturated carbocycles. The van der Waals surface area contributed by atoms with Gasteiger partial charge in [0.05, 0.1) is 12.1 Å². The van der Waals surface area contributed by atoms with E-state index in [0.717, 1.165) is 6.42 Å². The minimum absolute atomic E-state index is 0.0518. The fourth-order valence-electron chi connectivity index (χ4n) is 2.28. The van der Waals surface area contributed by atoms with Crippen molar-refractivity contribution >= 4 is 22.6 Å². The Morgan fingerprint density at radius 3 is 2.26 bits per heavy atom. The minimum atomic E-state index is 0.0518. The van der Waals surface area contributed by atoms with E-state index in [1.165, 1.54) is 9.13 Å². The maximum absolute atomic E-state index is 5.91. The lowest BCUT2D eigenvalue weighted by atomic mass is 9.82. The number of ether oxygens (including phenoxy) is 1. The van der Waals surface area contributed by atoms with Gasteiger partial charge in [-0.2, -0.15) is 0 Å². The molecule has 0 aliphatic carbocycles. The molecular weight excluding hydrogens is 351 g/mol. The van der Waals surface area contributed by atoms with Crippen molar-refractivity contribution in [1.82, 2.24) is 5.43 Å². The first kappa shape index (κ1) is 16.9. The average molecular weight is 376 g/mol. The molecule has 0 aliphatic rings. The van der Waals surface area contributed by atoms with E-state index in [1.54, 1.807) is 0 Å². The van der Waals surface area contributed by atoms with Crippen molar-refractivity contribution < 1.29 is 4.74 Å². The molecule has 3 nitrogen and oxygen atoms in total. The van der Waals surface area contributed by atoms with Crippen LogP contribution in [0.2, 0.25) is 0 Å². The summed E-state index contributed by atoms with van der Waals surface area (Å²) in [4.78, 5) is 0. The van der Waals surface area contributed by atoms with Gasteiger partial charge in [-0.25, -0.2) is 0 Å². The number of hydrogen-bond acceptors (Lipinski definition) is 3. The second-order valence-electron chi connectivity index (χ2n) is 5.85. The topological polar surface area (TPSA) is 47.3 Å². The van der Waals surface area contributed by atoms with Crippen LogP contribution in [0.4, 0.5) is 0 Å². The molecule has 1 aromatic carbocycles. The van der Waals surface area contributed by atoms with Crippen LogP contribution >= 0.6 is 22.6 Å². The molecule has 3 N–H and O–H groups in total. The first-order valence-electron chi connectivity index (χ1n) is 6.70. The molecular formula is C15H25IN2O. The van der Waals surface area contributed by atoms with Crippen molar-refractivity contribution in [3.8, 4) is 0 Å². The summed E-state index contributed by atoms with van der Waals surface area (Å²) < 4.78 is 7.16. The van der Waals surface area contributed by atoms with Gasteiger partial charge in [0.1, 0.15) is 0 Å². The van der Waals surface area contributed by atoms with E-state index >= 15 is 0 Å². The molecule has 4 heteroatoms. The van der Waals surface area contributed by atoms with Crippen molar-refractivity contribution in [2.45, 2.75) is 46.3 Å². The number of hydrogen-bond donors (Lipinski definition) is 2. The predicted molar refractivity (Wildman–Crippen MR) is 88.8 cm³/mol. The average Bonchev–Trinajstić information content (AvgIpc) is 2.34. The van der Waals surface area contributed by atoms with Crippen LogP contribution in [0.5, 0.6) is 0 Å². The second-order valence-corrected chi connectivity index (χ2v) is 7.09. The number of rotatable bonds is 6. The summed E-state index contributed by atoms with van der Waals surface area (Å²) in [6.45, 7) is 9.28. The summed E-state index contributed by atoms with van der Waals surface area (Å²) in [6, 6.07) is 8.65. The summed E-state index contributed by atoms with van der Waals surface area (Å²) in [6.07, 6.45) is 0.955. The van der Waals surface area contributed by atoms with Gasteiger partial charge in [-0.15, -0.1) is 0 Å². The third-order valence-electron chi connectivity index (χ3n) is 3.15. The van der Waals surface area contributed by atoms with Gasteiger partial charge in [0.25, 0.3) is 0 Å². The number of halogens is 1. The number of benzene rings is 1. The van der Waals surface area contributed by atoms with Crippen molar-refractivity contribution in [2.75, 3.05) is 6.61 Å². The zero-order valence-electron chi connectivity index (χ0n) is 12.2. The fraction of sp³-hybridized carbons (Fsp3) is 0.600. The first-order chi connectivity index (χ1) is 8.88. The van der Waals surface area contributed by atoms with Crippen molar-refractivity contribution in [2.24, 2.45) is 11.3 Å². The predicted octanol–water partition coefficient (Wildman–Crippen LogP) is 3.12. The highest BCUT2D eigenvalue weighted by molar-refractivity contribution is 14.1. The highest BCUT2D eigenvalue weighted by Gasteiger charge is 2.32. The molecule has 0 aliphatic heterocycles. The summed E-state index contributed by atoms with van der Waals surface area (Å²) in [5.41, 5.74) is 4.26. The lowest BCUT2D eigenvalue weighted by Gasteiger charge is -2.36. The van der Waals surface area contributed by atoms with Gasteiger partial charge in [-0.05, 0) is 59.0 Å². The van der Waals surface area contributed by atoms with Crippen LogP contribution < -0.4 is 11.3 Å². The smallest absolute Gasteiger partial charge is 0.0792 e. The molecule has 0 fully saturated rings.